The van der Waals surface area contributed by atoms with Gasteiger partial charge in [0.15, 0.2) is 11.5 Å². The first-order valence-corrected chi connectivity index (χ1v) is 11.0. The lowest BCUT2D eigenvalue weighted by atomic mass is 10.2. The van der Waals surface area contributed by atoms with Crippen LogP contribution in [0.4, 0.5) is 5.69 Å². The molecule has 2 amide bonds. The minimum absolute atomic E-state index is 0.0693. The van der Waals surface area contributed by atoms with Crippen LogP contribution in [0.15, 0.2) is 42.5 Å². The van der Waals surface area contributed by atoms with E-state index in [2.05, 4.69) is 10.6 Å². The van der Waals surface area contributed by atoms with E-state index in [-0.39, 0.29) is 18.4 Å². The molecule has 1 aliphatic rings. The number of imidazole rings is 1. The molecule has 1 aliphatic heterocycles. The highest BCUT2D eigenvalue weighted by Gasteiger charge is 2.16. The molecule has 0 spiro atoms. The Labute approximate surface area is 186 Å². The van der Waals surface area contributed by atoms with Gasteiger partial charge < -0.3 is 24.7 Å². The third-order valence-corrected chi connectivity index (χ3v) is 5.24. The molecule has 2 heterocycles. The Morgan fingerprint density at radius 3 is 2.72 bits per heavy atom. The van der Waals surface area contributed by atoms with Crippen molar-refractivity contribution in [1.82, 2.24) is 14.9 Å². The fourth-order valence-electron chi connectivity index (χ4n) is 3.75. The summed E-state index contributed by atoms with van der Waals surface area (Å²) in [6.07, 6.45) is 2.79. The molecule has 0 aliphatic carbocycles. The average molecular weight is 437 g/mol. The molecule has 0 saturated carbocycles. The average Bonchev–Trinajstić information content (AvgIpc) is 3.14. The summed E-state index contributed by atoms with van der Waals surface area (Å²) in [4.78, 5) is 29.2. The first-order valence-electron chi connectivity index (χ1n) is 11.0. The fraction of sp³-hybridized carbons (Fsp3) is 0.375. The number of carbonyl (C=O) groups is 2. The van der Waals surface area contributed by atoms with Crippen molar-refractivity contribution in [2.24, 2.45) is 0 Å². The van der Waals surface area contributed by atoms with Crippen molar-refractivity contribution in [3.63, 3.8) is 0 Å². The molecular weight excluding hydrogens is 408 g/mol. The molecule has 1 aromatic heterocycles. The van der Waals surface area contributed by atoms with Gasteiger partial charge in [-0.3, -0.25) is 9.59 Å². The standard InChI is InChI=1S/C24H28N4O4/c1-2-6-23(29)25-12-5-9-22-27-18-7-3-4-8-19(18)28(22)16-24(30)26-17-10-11-20-21(15-17)32-14-13-31-20/h3-4,7-8,10-11,15H,2,5-6,9,12-14,16H2,1H3,(H,25,29)(H,26,30). The van der Waals surface area contributed by atoms with Gasteiger partial charge in [0.1, 0.15) is 25.6 Å². The molecule has 0 unspecified atom stereocenters. The molecular formula is C24H28N4O4. The maximum atomic E-state index is 12.8. The lowest BCUT2D eigenvalue weighted by molar-refractivity contribution is -0.121. The number of anilines is 1. The molecule has 2 N–H and O–H groups in total. The molecule has 4 rings (SSSR count). The van der Waals surface area contributed by atoms with Crippen molar-refractivity contribution in [2.75, 3.05) is 25.1 Å². The Morgan fingerprint density at radius 2 is 1.88 bits per heavy atom. The maximum absolute atomic E-state index is 12.8. The molecule has 0 radical (unpaired) electrons. The molecule has 168 valence electrons. The van der Waals surface area contributed by atoms with Crippen LogP contribution in [0.25, 0.3) is 11.0 Å². The van der Waals surface area contributed by atoms with Crippen LogP contribution in [-0.2, 0) is 22.6 Å². The number of hydrogen-bond donors (Lipinski definition) is 2. The van der Waals surface area contributed by atoms with E-state index >= 15 is 0 Å². The predicted octanol–water partition coefficient (Wildman–Crippen LogP) is 3.30. The summed E-state index contributed by atoms with van der Waals surface area (Å²) in [5.74, 6) is 2.06. The summed E-state index contributed by atoms with van der Waals surface area (Å²) in [6.45, 7) is 3.74. The smallest absolute Gasteiger partial charge is 0.244 e. The Kier molecular flexibility index (Phi) is 6.89. The number of aryl methyl sites for hydroxylation is 1. The number of ether oxygens (including phenoxy) is 2. The highest BCUT2D eigenvalue weighted by molar-refractivity contribution is 5.92. The van der Waals surface area contributed by atoms with E-state index in [1.807, 2.05) is 35.8 Å². The van der Waals surface area contributed by atoms with Crippen molar-refractivity contribution in [1.29, 1.82) is 0 Å². The van der Waals surface area contributed by atoms with Crippen LogP contribution in [0.5, 0.6) is 11.5 Å². The summed E-state index contributed by atoms with van der Waals surface area (Å²) >= 11 is 0. The van der Waals surface area contributed by atoms with E-state index in [0.717, 1.165) is 29.7 Å². The Bertz CT molecular complexity index is 1110. The predicted molar refractivity (Wildman–Crippen MR) is 122 cm³/mol. The van der Waals surface area contributed by atoms with Gasteiger partial charge in [-0.25, -0.2) is 4.98 Å². The van der Waals surface area contributed by atoms with Crippen LogP contribution >= 0.6 is 0 Å². The first-order chi connectivity index (χ1) is 15.6. The van der Waals surface area contributed by atoms with Crippen molar-refractivity contribution < 1.29 is 19.1 Å². The number of hydrogen-bond acceptors (Lipinski definition) is 5. The Morgan fingerprint density at radius 1 is 1.06 bits per heavy atom. The zero-order valence-electron chi connectivity index (χ0n) is 18.2. The van der Waals surface area contributed by atoms with E-state index in [0.29, 0.717) is 49.8 Å². The van der Waals surface area contributed by atoms with Gasteiger partial charge in [-0.05, 0) is 37.1 Å². The van der Waals surface area contributed by atoms with Gasteiger partial charge in [0, 0.05) is 31.1 Å². The monoisotopic (exact) mass is 436 g/mol. The van der Waals surface area contributed by atoms with Crippen molar-refractivity contribution in [2.45, 2.75) is 39.2 Å². The first kappa shape index (κ1) is 21.7. The van der Waals surface area contributed by atoms with Crippen LogP contribution in [-0.4, -0.2) is 41.1 Å². The SMILES string of the molecule is CCCC(=O)NCCCc1nc2ccccc2n1CC(=O)Nc1ccc2c(c1)OCCO2. The molecule has 8 nitrogen and oxygen atoms in total. The van der Waals surface area contributed by atoms with Crippen LogP contribution in [0.3, 0.4) is 0 Å². The number of amides is 2. The highest BCUT2D eigenvalue weighted by Crippen LogP contribution is 2.32. The summed E-state index contributed by atoms with van der Waals surface area (Å²) in [6, 6.07) is 13.2. The second-order valence-electron chi connectivity index (χ2n) is 7.71. The van der Waals surface area contributed by atoms with Gasteiger partial charge in [0.05, 0.1) is 11.0 Å². The molecule has 0 saturated heterocycles. The van der Waals surface area contributed by atoms with Gasteiger partial charge in [0.25, 0.3) is 0 Å². The van der Waals surface area contributed by atoms with Gasteiger partial charge in [0.2, 0.25) is 11.8 Å². The largest absolute Gasteiger partial charge is 0.486 e. The van der Waals surface area contributed by atoms with E-state index in [9.17, 15) is 9.59 Å². The van der Waals surface area contributed by atoms with Gasteiger partial charge in [-0.15, -0.1) is 0 Å². The van der Waals surface area contributed by atoms with E-state index in [4.69, 9.17) is 14.5 Å². The van der Waals surface area contributed by atoms with Crippen LogP contribution < -0.4 is 20.1 Å². The zero-order valence-corrected chi connectivity index (χ0v) is 18.2. The van der Waals surface area contributed by atoms with Crippen molar-refractivity contribution >= 4 is 28.5 Å². The fourth-order valence-corrected chi connectivity index (χ4v) is 3.75. The van der Waals surface area contributed by atoms with Crippen LogP contribution in [0.1, 0.15) is 32.0 Å². The second kappa shape index (κ2) is 10.2. The minimum atomic E-state index is -0.151. The molecule has 3 aromatic rings. The highest BCUT2D eigenvalue weighted by atomic mass is 16.6. The Balaban J connectivity index is 1.43. The number of para-hydroxylation sites is 2. The zero-order chi connectivity index (χ0) is 22.3. The third kappa shape index (κ3) is 5.19. The summed E-state index contributed by atoms with van der Waals surface area (Å²) in [5, 5.41) is 5.87. The van der Waals surface area contributed by atoms with E-state index in [1.54, 1.807) is 18.2 Å². The third-order valence-electron chi connectivity index (χ3n) is 5.24. The summed E-state index contributed by atoms with van der Waals surface area (Å²) in [7, 11) is 0. The van der Waals surface area contributed by atoms with Crippen LogP contribution in [0.2, 0.25) is 0 Å². The molecule has 0 fully saturated rings. The number of carbonyl (C=O) groups excluding carboxylic acids is 2. The topological polar surface area (TPSA) is 94.5 Å². The molecule has 2 aromatic carbocycles. The van der Waals surface area contributed by atoms with Gasteiger partial charge in [-0.1, -0.05) is 19.1 Å². The van der Waals surface area contributed by atoms with Crippen molar-refractivity contribution in [3.8, 4) is 11.5 Å². The molecule has 0 atom stereocenters. The number of fused-ring (bicyclic) bond motifs is 2. The number of nitrogens with zero attached hydrogens (tertiary/aromatic N) is 2. The quantitative estimate of drug-likeness (QED) is 0.502. The second-order valence-corrected chi connectivity index (χ2v) is 7.71. The normalized spacial score (nSPS) is 12.5. The molecule has 8 heteroatoms. The maximum Gasteiger partial charge on any atom is 0.244 e. The van der Waals surface area contributed by atoms with Crippen LogP contribution in [0, 0.1) is 0 Å². The van der Waals surface area contributed by atoms with Crippen molar-refractivity contribution in [3.05, 3.63) is 48.3 Å². The Hall–Kier alpha value is -3.55. The molecule has 0 bridgehead atoms. The van der Waals surface area contributed by atoms with E-state index < -0.39 is 0 Å². The number of benzene rings is 2. The minimum Gasteiger partial charge on any atom is -0.486 e. The molecule has 32 heavy (non-hydrogen) atoms. The lowest BCUT2D eigenvalue weighted by Gasteiger charge is -2.19. The number of aromatic nitrogens is 2. The number of nitrogens with one attached hydrogen (secondary N) is 2. The lowest BCUT2D eigenvalue weighted by Crippen LogP contribution is -2.25. The van der Waals surface area contributed by atoms with Gasteiger partial charge in [-0.2, -0.15) is 0 Å². The summed E-state index contributed by atoms with van der Waals surface area (Å²) in [5.41, 5.74) is 2.42. The summed E-state index contributed by atoms with van der Waals surface area (Å²) < 4.78 is 13.1. The van der Waals surface area contributed by atoms with E-state index in [1.165, 1.54) is 0 Å². The van der Waals surface area contributed by atoms with Gasteiger partial charge >= 0.3 is 0 Å². The number of rotatable bonds is 9.